The Morgan fingerprint density at radius 1 is 1.17 bits per heavy atom. The van der Waals surface area contributed by atoms with Crippen molar-refractivity contribution in [3.8, 4) is 5.75 Å². The van der Waals surface area contributed by atoms with Crippen LogP contribution in [0.5, 0.6) is 5.75 Å². The zero-order chi connectivity index (χ0) is 20.4. The van der Waals surface area contributed by atoms with Gasteiger partial charge in [0, 0.05) is 32.3 Å². The van der Waals surface area contributed by atoms with E-state index in [1.165, 1.54) is 22.0 Å². The number of benzene rings is 1. The molecule has 3 fully saturated rings. The predicted molar refractivity (Wildman–Crippen MR) is 103 cm³/mol. The number of hydrogen-bond acceptors (Lipinski definition) is 6. The predicted octanol–water partition coefficient (Wildman–Crippen LogP) is 0.807. The standard InChI is InChI=1S/C19H25N3O6S/c23-18-12-21(19(24)20-18)7-2-8-27-16-10-22(11-16)29(25,26)17-4-1-3-15(9-17)28-13-14-5-6-14/h1,3-4,9,14,16H,2,5-8,10-13H2,(H,20,23,24). The Morgan fingerprint density at radius 3 is 2.66 bits per heavy atom. The summed E-state index contributed by atoms with van der Waals surface area (Å²) in [5.74, 6) is 0.886. The Morgan fingerprint density at radius 2 is 1.97 bits per heavy atom. The highest BCUT2D eigenvalue weighted by Crippen LogP contribution is 2.30. The zero-order valence-electron chi connectivity index (χ0n) is 16.1. The minimum absolute atomic E-state index is 0.0811. The Labute approximate surface area is 170 Å². The fourth-order valence-corrected chi connectivity index (χ4v) is 4.78. The zero-order valence-corrected chi connectivity index (χ0v) is 16.9. The van der Waals surface area contributed by atoms with Crippen LogP contribution in [0.2, 0.25) is 0 Å². The van der Waals surface area contributed by atoms with Crippen molar-refractivity contribution in [2.24, 2.45) is 5.92 Å². The van der Waals surface area contributed by atoms with Crippen LogP contribution in [0.4, 0.5) is 4.79 Å². The molecule has 2 heterocycles. The number of nitrogens with zero attached hydrogens (tertiary/aromatic N) is 2. The third kappa shape index (κ3) is 4.88. The van der Waals surface area contributed by atoms with Gasteiger partial charge in [-0.15, -0.1) is 0 Å². The lowest BCUT2D eigenvalue weighted by Crippen LogP contribution is -2.54. The van der Waals surface area contributed by atoms with E-state index in [0.717, 1.165) is 0 Å². The number of hydrogen-bond donors (Lipinski definition) is 1. The van der Waals surface area contributed by atoms with E-state index in [9.17, 15) is 18.0 Å². The van der Waals surface area contributed by atoms with Gasteiger partial charge >= 0.3 is 6.03 Å². The summed E-state index contributed by atoms with van der Waals surface area (Å²) >= 11 is 0. The molecule has 1 aliphatic carbocycles. The van der Waals surface area contributed by atoms with E-state index in [1.807, 2.05) is 0 Å². The quantitative estimate of drug-likeness (QED) is 0.441. The summed E-state index contributed by atoms with van der Waals surface area (Å²) in [5, 5.41) is 2.22. The molecule has 1 aromatic rings. The molecular weight excluding hydrogens is 398 g/mol. The van der Waals surface area contributed by atoms with Crippen LogP contribution in [0.25, 0.3) is 0 Å². The normalized spacial score (nSPS) is 20.6. The van der Waals surface area contributed by atoms with Crippen molar-refractivity contribution in [3.05, 3.63) is 24.3 Å². The van der Waals surface area contributed by atoms with Gasteiger partial charge in [-0.2, -0.15) is 4.31 Å². The first-order chi connectivity index (χ1) is 13.9. The lowest BCUT2D eigenvalue weighted by atomic mass is 10.2. The van der Waals surface area contributed by atoms with E-state index in [4.69, 9.17) is 9.47 Å². The molecule has 1 N–H and O–H groups in total. The minimum atomic E-state index is -3.56. The number of ether oxygens (including phenoxy) is 2. The second kappa shape index (κ2) is 8.29. The maximum atomic E-state index is 12.8. The van der Waals surface area contributed by atoms with Crippen molar-refractivity contribution in [2.45, 2.75) is 30.3 Å². The Balaban J connectivity index is 1.20. The van der Waals surface area contributed by atoms with Crippen molar-refractivity contribution in [2.75, 3.05) is 39.4 Å². The van der Waals surface area contributed by atoms with Gasteiger partial charge in [-0.1, -0.05) is 6.07 Å². The summed E-state index contributed by atoms with van der Waals surface area (Å²) in [7, 11) is -3.56. The second-order valence-corrected chi connectivity index (χ2v) is 9.61. The van der Waals surface area contributed by atoms with Crippen LogP contribution in [0.1, 0.15) is 19.3 Å². The fourth-order valence-electron chi connectivity index (χ4n) is 3.24. The molecule has 158 valence electrons. The topological polar surface area (TPSA) is 105 Å². The number of nitrogens with one attached hydrogen (secondary N) is 1. The average Bonchev–Trinajstić information content (AvgIpc) is 3.42. The molecule has 1 aromatic carbocycles. The molecule has 0 atom stereocenters. The Kier molecular flexibility index (Phi) is 5.75. The molecule has 2 saturated heterocycles. The number of amides is 3. The molecule has 0 bridgehead atoms. The Hall–Kier alpha value is -2.17. The molecule has 29 heavy (non-hydrogen) atoms. The number of sulfonamides is 1. The lowest BCUT2D eigenvalue weighted by molar-refractivity contribution is -0.118. The van der Waals surface area contributed by atoms with Crippen molar-refractivity contribution in [1.82, 2.24) is 14.5 Å². The molecule has 0 spiro atoms. The first-order valence-electron chi connectivity index (χ1n) is 9.85. The summed E-state index contributed by atoms with van der Waals surface area (Å²) in [6.45, 7) is 2.16. The average molecular weight is 423 g/mol. The highest BCUT2D eigenvalue weighted by atomic mass is 32.2. The molecule has 3 aliphatic rings. The second-order valence-electron chi connectivity index (χ2n) is 7.67. The van der Waals surface area contributed by atoms with E-state index in [1.54, 1.807) is 24.3 Å². The summed E-state index contributed by atoms with van der Waals surface area (Å²) < 4.78 is 38.3. The van der Waals surface area contributed by atoms with Crippen LogP contribution < -0.4 is 10.1 Å². The van der Waals surface area contributed by atoms with Gasteiger partial charge < -0.3 is 14.4 Å². The molecule has 9 nitrogen and oxygen atoms in total. The number of carbonyl (C=O) groups excluding carboxylic acids is 2. The molecule has 2 aliphatic heterocycles. The summed E-state index contributed by atoms with van der Waals surface area (Å²) in [6, 6.07) is 6.25. The summed E-state index contributed by atoms with van der Waals surface area (Å²) in [4.78, 5) is 24.2. The fraction of sp³-hybridized carbons (Fsp3) is 0.579. The maximum absolute atomic E-state index is 12.8. The third-order valence-electron chi connectivity index (χ3n) is 5.23. The smallest absolute Gasteiger partial charge is 0.324 e. The number of rotatable bonds is 10. The van der Waals surface area contributed by atoms with Gasteiger partial charge in [-0.3, -0.25) is 10.1 Å². The summed E-state index contributed by atoms with van der Waals surface area (Å²) in [5.41, 5.74) is 0. The molecule has 4 rings (SSSR count). The molecule has 0 unspecified atom stereocenters. The van der Waals surface area contributed by atoms with Crippen LogP contribution in [0.15, 0.2) is 29.2 Å². The third-order valence-corrected chi connectivity index (χ3v) is 7.06. The maximum Gasteiger partial charge on any atom is 0.324 e. The monoisotopic (exact) mass is 423 g/mol. The highest BCUT2D eigenvalue weighted by Gasteiger charge is 2.37. The van der Waals surface area contributed by atoms with Gasteiger partial charge in [-0.25, -0.2) is 13.2 Å². The van der Waals surface area contributed by atoms with Gasteiger partial charge in [0.1, 0.15) is 12.3 Å². The van der Waals surface area contributed by atoms with Crippen molar-refractivity contribution in [3.63, 3.8) is 0 Å². The number of urea groups is 1. The largest absolute Gasteiger partial charge is 0.493 e. The van der Waals surface area contributed by atoms with E-state index in [2.05, 4.69) is 5.32 Å². The van der Waals surface area contributed by atoms with Gasteiger partial charge in [0.15, 0.2) is 0 Å². The van der Waals surface area contributed by atoms with E-state index < -0.39 is 10.0 Å². The molecule has 10 heteroatoms. The highest BCUT2D eigenvalue weighted by molar-refractivity contribution is 7.89. The van der Waals surface area contributed by atoms with E-state index in [0.29, 0.717) is 50.9 Å². The van der Waals surface area contributed by atoms with Gasteiger partial charge in [0.25, 0.3) is 0 Å². The van der Waals surface area contributed by atoms with Gasteiger partial charge in [0.05, 0.1) is 17.6 Å². The van der Waals surface area contributed by atoms with Crippen molar-refractivity contribution < 1.29 is 27.5 Å². The first-order valence-corrected chi connectivity index (χ1v) is 11.3. The van der Waals surface area contributed by atoms with E-state index >= 15 is 0 Å². The number of imide groups is 1. The van der Waals surface area contributed by atoms with Crippen molar-refractivity contribution >= 4 is 22.0 Å². The Bertz CT molecular complexity index is 880. The summed E-state index contributed by atoms with van der Waals surface area (Å²) in [6.07, 6.45) is 2.78. The minimum Gasteiger partial charge on any atom is -0.493 e. The van der Waals surface area contributed by atoms with Gasteiger partial charge in [-0.05, 0) is 37.3 Å². The van der Waals surface area contributed by atoms with Gasteiger partial charge in [0.2, 0.25) is 15.9 Å². The van der Waals surface area contributed by atoms with Crippen LogP contribution in [0.3, 0.4) is 0 Å². The molecular formula is C19H25N3O6S. The number of carbonyl (C=O) groups is 2. The van der Waals surface area contributed by atoms with Crippen LogP contribution in [-0.4, -0.2) is 75.1 Å². The van der Waals surface area contributed by atoms with Crippen LogP contribution in [-0.2, 0) is 19.6 Å². The van der Waals surface area contributed by atoms with Crippen LogP contribution in [0, 0.1) is 5.92 Å². The molecule has 3 amide bonds. The molecule has 0 aromatic heterocycles. The van der Waals surface area contributed by atoms with Crippen molar-refractivity contribution in [1.29, 1.82) is 0 Å². The molecule has 1 saturated carbocycles. The van der Waals surface area contributed by atoms with E-state index in [-0.39, 0.29) is 29.5 Å². The SMILES string of the molecule is O=C1CN(CCCOC2CN(S(=O)(=O)c3cccc(OCC4CC4)c3)C2)C(=O)N1. The lowest BCUT2D eigenvalue weighted by Gasteiger charge is -2.37. The molecule has 0 radical (unpaired) electrons. The first kappa shape index (κ1) is 20.1. The van der Waals surface area contributed by atoms with Crippen LogP contribution >= 0.6 is 0 Å².